The zero-order valence-electron chi connectivity index (χ0n) is 17.4. The smallest absolute Gasteiger partial charge is 0.162 e. The largest absolute Gasteiger partial charge is 0.494 e. The number of nitrogens with one attached hydrogen (secondary N) is 1. The van der Waals surface area contributed by atoms with E-state index in [1.807, 2.05) is 12.1 Å². The molecular formula is C24H24N6O. The molecule has 156 valence electrons. The molecule has 4 heterocycles. The summed E-state index contributed by atoms with van der Waals surface area (Å²) in [6.45, 7) is 2.60. The third-order valence-electron chi connectivity index (χ3n) is 5.59. The van der Waals surface area contributed by atoms with Gasteiger partial charge in [0.05, 0.1) is 30.4 Å². The van der Waals surface area contributed by atoms with E-state index < -0.39 is 0 Å². The zero-order valence-corrected chi connectivity index (χ0v) is 17.4. The fourth-order valence-corrected chi connectivity index (χ4v) is 4.10. The van der Waals surface area contributed by atoms with E-state index in [4.69, 9.17) is 14.7 Å². The van der Waals surface area contributed by atoms with Crippen LogP contribution in [-0.4, -0.2) is 52.7 Å². The summed E-state index contributed by atoms with van der Waals surface area (Å²) in [5.41, 5.74) is 3.03. The topological polar surface area (TPSA) is 76.1 Å². The number of anilines is 1. The molecule has 31 heavy (non-hydrogen) atoms. The normalized spacial score (nSPS) is 16.4. The SMILES string of the molecule is COc1cncc2nc(-c3ccncc3)nc(N3CCN[C@@H](Cc4ccccc4)C3)c12. The Morgan fingerprint density at radius 2 is 1.87 bits per heavy atom. The average molecular weight is 412 g/mol. The minimum Gasteiger partial charge on any atom is -0.494 e. The van der Waals surface area contributed by atoms with E-state index in [9.17, 15) is 0 Å². The number of pyridine rings is 2. The summed E-state index contributed by atoms with van der Waals surface area (Å²) in [5, 5.41) is 4.55. The van der Waals surface area contributed by atoms with Crippen molar-refractivity contribution in [2.45, 2.75) is 12.5 Å². The maximum absolute atomic E-state index is 5.63. The molecule has 7 heteroatoms. The first-order valence-electron chi connectivity index (χ1n) is 10.4. The summed E-state index contributed by atoms with van der Waals surface area (Å²) in [5.74, 6) is 2.24. The number of nitrogens with zero attached hydrogens (tertiary/aromatic N) is 5. The molecule has 1 aromatic carbocycles. The van der Waals surface area contributed by atoms with Gasteiger partial charge < -0.3 is 15.0 Å². The molecule has 3 aromatic heterocycles. The number of rotatable bonds is 5. The van der Waals surface area contributed by atoms with Crippen LogP contribution in [0.15, 0.2) is 67.3 Å². The van der Waals surface area contributed by atoms with Crippen molar-refractivity contribution in [3.8, 4) is 17.1 Å². The Bertz CT molecular complexity index is 1170. The van der Waals surface area contributed by atoms with Crippen LogP contribution in [0.3, 0.4) is 0 Å². The molecule has 5 rings (SSSR count). The number of hydrogen-bond donors (Lipinski definition) is 1. The van der Waals surface area contributed by atoms with Crippen LogP contribution in [-0.2, 0) is 6.42 Å². The van der Waals surface area contributed by atoms with E-state index in [0.717, 1.165) is 48.3 Å². The molecule has 1 fully saturated rings. The molecule has 1 atom stereocenters. The molecule has 1 N–H and O–H groups in total. The van der Waals surface area contributed by atoms with E-state index in [2.05, 4.69) is 50.5 Å². The number of fused-ring (bicyclic) bond motifs is 1. The summed E-state index contributed by atoms with van der Waals surface area (Å²) in [7, 11) is 1.66. The third kappa shape index (κ3) is 4.04. The van der Waals surface area contributed by atoms with Crippen molar-refractivity contribution in [3.63, 3.8) is 0 Å². The minimum atomic E-state index is 0.332. The van der Waals surface area contributed by atoms with E-state index in [1.165, 1.54) is 5.56 Å². The Labute approximate surface area is 181 Å². The Kier molecular flexibility index (Phi) is 5.41. The van der Waals surface area contributed by atoms with Gasteiger partial charge in [-0.05, 0) is 24.1 Å². The predicted molar refractivity (Wildman–Crippen MR) is 121 cm³/mol. The van der Waals surface area contributed by atoms with Crippen molar-refractivity contribution < 1.29 is 4.74 Å². The van der Waals surface area contributed by atoms with Gasteiger partial charge in [-0.15, -0.1) is 0 Å². The highest BCUT2D eigenvalue weighted by Gasteiger charge is 2.25. The molecule has 1 aliphatic heterocycles. The Morgan fingerprint density at radius 3 is 2.68 bits per heavy atom. The van der Waals surface area contributed by atoms with Crippen molar-refractivity contribution in [2.75, 3.05) is 31.6 Å². The van der Waals surface area contributed by atoms with Crippen LogP contribution < -0.4 is 15.0 Å². The van der Waals surface area contributed by atoms with E-state index in [0.29, 0.717) is 17.6 Å². The third-order valence-corrected chi connectivity index (χ3v) is 5.59. The molecule has 0 saturated carbocycles. The number of aromatic nitrogens is 4. The van der Waals surface area contributed by atoms with Gasteiger partial charge >= 0.3 is 0 Å². The standard InChI is InChI=1S/C24H24N6O/c1-31-21-15-26-14-20-22(21)24(29-23(28-20)18-7-9-25-10-8-18)30-12-11-27-19(16-30)13-17-5-3-2-4-6-17/h2-10,14-15,19,27H,11-13,16H2,1H3/t19-/m0/s1. The number of methoxy groups -OCH3 is 1. The van der Waals surface area contributed by atoms with Crippen molar-refractivity contribution >= 4 is 16.7 Å². The van der Waals surface area contributed by atoms with Gasteiger partial charge in [-0.3, -0.25) is 9.97 Å². The lowest BCUT2D eigenvalue weighted by Crippen LogP contribution is -2.52. The lowest BCUT2D eigenvalue weighted by atomic mass is 10.0. The highest BCUT2D eigenvalue weighted by Crippen LogP contribution is 2.34. The van der Waals surface area contributed by atoms with Gasteiger partial charge in [0, 0.05) is 43.6 Å². The van der Waals surface area contributed by atoms with Crippen LogP contribution in [0.4, 0.5) is 5.82 Å². The van der Waals surface area contributed by atoms with Crippen molar-refractivity contribution in [3.05, 3.63) is 72.8 Å². The molecule has 0 amide bonds. The van der Waals surface area contributed by atoms with Crippen LogP contribution in [0, 0.1) is 0 Å². The number of hydrogen-bond acceptors (Lipinski definition) is 7. The van der Waals surface area contributed by atoms with Gasteiger partial charge in [-0.2, -0.15) is 0 Å². The van der Waals surface area contributed by atoms with E-state index in [1.54, 1.807) is 31.9 Å². The number of piperazine rings is 1. The monoisotopic (exact) mass is 412 g/mol. The number of benzene rings is 1. The highest BCUT2D eigenvalue weighted by atomic mass is 16.5. The van der Waals surface area contributed by atoms with Crippen molar-refractivity contribution in [1.29, 1.82) is 0 Å². The summed E-state index contributed by atoms with van der Waals surface area (Å²) in [6, 6.07) is 14.8. The molecule has 4 aromatic rings. The first-order valence-corrected chi connectivity index (χ1v) is 10.4. The Hall–Kier alpha value is -3.58. The van der Waals surface area contributed by atoms with Crippen molar-refractivity contribution in [2.24, 2.45) is 0 Å². The summed E-state index contributed by atoms with van der Waals surface area (Å²) < 4.78 is 5.63. The zero-order chi connectivity index (χ0) is 21.0. The molecule has 7 nitrogen and oxygen atoms in total. The minimum absolute atomic E-state index is 0.332. The molecule has 0 bridgehead atoms. The van der Waals surface area contributed by atoms with Gasteiger partial charge in [-0.25, -0.2) is 9.97 Å². The van der Waals surface area contributed by atoms with Crippen LogP contribution in [0.1, 0.15) is 5.56 Å². The lowest BCUT2D eigenvalue weighted by molar-refractivity contribution is 0.417. The second kappa shape index (κ2) is 8.65. The first-order chi connectivity index (χ1) is 15.3. The summed E-state index contributed by atoms with van der Waals surface area (Å²) in [4.78, 5) is 20.5. The van der Waals surface area contributed by atoms with Crippen LogP contribution in [0.5, 0.6) is 5.75 Å². The van der Waals surface area contributed by atoms with Gasteiger partial charge in [-0.1, -0.05) is 30.3 Å². The molecule has 1 aliphatic rings. The molecular weight excluding hydrogens is 388 g/mol. The quantitative estimate of drug-likeness (QED) is 0.540. The van der Waals surface area contributed by atoms with Crippen LogP contribution >= 0.6 is 0 Å². The van der Waals surface area contributed by atoms with Crippen molar-refractivity contribution in [1.82, 2.24) is 25.3 Å². The first kappa shape index (κ1) is 19.4. The van der Waals surface area contributed by atoms with Gasteiger partial charge in [0.2, 0.25) is 0 Å². The summed E-state index contributed by atoms with van der Waals surface area (Å²) in [6.07, 6.45) is 7.98. The van der Waals surface area contributed by atoms with Gasteiger partial charge in [0.25, 0.3) is 0 Å². The van der Waals surface area contributed by atoms with Crippen LogP contribution in [0.2, 0.25) is 0 Å². The van der Waals surface area contributed by atoms with Gasteiger partial charge in [0.15, 0.2) is 5.82 Å². The molecule has 1 saturated heterocycles. The molecule has 0 spiro atoms. The number of ether oxygens (including phenoxy) is 1. The maximum Gasteiger partial charge on any atom is 0.162 e. The highest BCUT2D eigenvalue weighted by molar-refractivity contribution is 5.95. The lowest BCUT2D eigenvalue weighted by Gasteiger charge is -2.35. The van der Waals surface area contributed by atoms with E-state index in [-0.39, 0.29) is 0 Å². The fourth-order valence-electron chi connectivity index (χ4n) is 4.10. The maximum atomic E-state index is 5.63. The molecule has 0 radical (unpaired) electrons. The second-order valence-corrected chi connectivity index (χ2v) is 7.63. The molecule has 0 aliphatic carbocycles. The summed E-state index contributed by atoms with van der Waals surface area (Å²) >= 11 is 0. The molecule has 0 unspecified atom stereocenters. The van der Waals surface area contributed by atoms with E-state index >= 15 is 0 Å². The van der Waals surface area contributed by atoms with Crippen LogP contribution in [0.25, 0.3) is 22.3 Å². The second-order valence-electron chi connectivity index (χ2n) is 7.63. The van der Waals surface area contributed by atoms with Gasteiger partial charge in [0.1, 0.15) is 11.6 Å². The predicted octanol–water partition coefficient (Wildman–Crippen LogP) is 3.12. The Balaban J connectivity index is 1.55. The Morgan fingerprint density at radius 1 is 1.03 bits per heavy atom. The average Bonchev–Trinajstić information content (AvgIpc) is 2.84. The fraction of sp³-hybridized carbons (Fsp3) is 0.250.